The molecule has 27 heavy (non-hydrogen) atoms. The van der Waals surface area contributed by atoms with Crippen molar-refractivity contribution >= 4 is 22.4 Å². The number of thiazole rings is 1. The summed E-state index contributed by atoms with van der Waals surface area (Å²) in [6, 6.07) is 7.85. The average molecular weight is 384 g/mol. The Hall–Kier alpha value is -2.62. The van der Waals surface area contributed by atoms with Gasteiger partial charge in [-0.05, 0) is 19.1 Å². The molecule has 0 radical (unpaired) electrons. The largest absolute Gasteiger partial charge is 0.379 e. The Morgan fingerprint density at radius 3 is 2.81 bits per heavy atom. The van der Waals surface area contributed by atoms with E-state index in [0.29, 0.717) is 5.13 Å². The number of amides is 1. The number of hydrogen-bond acceptors (Lipinski definition) is 7. The third kappa shape index (κ3) is 4.38. The van der Waals surface area contributed by atoms with Crippen molar-refractivity contribution in [2.45, 2.75) is 13.5 Å². The standard InChI is InChI=1S/C18H20N6O2S/c1-13-2-4-15(5-3-13)24-11-16(21-22-24)17(25)20-18-19-14(12-27-18)10-23-6-8-26-9-7-23/h2-5,11-12H,6-10H2,1H3,(H,19,20,25). The van der Waals surface area contributed by atoms with Crippen LogP contribution in [0.25, 0.3) is 5.69 Å². The maximum absolute atomic E-state index is 12.4. The molecular formula is C18H20N6O2S. The molecule has 140 valence electrons. The highest BCUT2D eigenvalue weighted by Crippen LogP contribution is 2.18. The fourth-order valence-corrected chi connectivity index (χ4v) is 3.47. The first-order chi connectivity index (χ1) is 13.2. The fraction of sp³-hybridized carbons (Fsp3) is 0.333. The van der Waals surface area contributed by atoms with Crippen molar-refractivity contribution < 1.29 is 9.53 Å². The van der Waals surface area contributed by atoms with Crippen LogP contribution in [0.2, 0.25) is 0 Å². The molecule has 0 atom stereocenters. The van der Waals surface area contributed by atoms with Gasteiger partial charge in [0.15, 0.2) is 10.8 Å². The topological polar surface area (TPSA) is 85.2 Å². The highest BCUT2D eigenvalue weighted by Gasteiger charge is 2.16. The Kier molecular flexibility index (Phi) is 5.23. The van der Waals surface area contributed by atoms with Gasteiger partial charge in [-0.25, -0.2) is 9.67 Å². The van der Waals surface area contributed by atoms with Gasteiger partial charge in [-0.2, -0.15) is 0 Å². The summed E-state index contributed by atoms with van der Waals surface area (Å²) >= 11 is 1.41. The Morgan fingerprint density at radius 2 is 2.04 bits per heavy atom. The molecule has 0 bridgehead atoms. The Balaban J connectivity index is 1.38. The van der Waals surface area contributed by atoms with Crippen LogP contribution < -0.4 is 5.32 Å². The lowest BCUT2D eigenvalue weighted by Crippen LogP contribution is -2.35. The molecule has 1 aliphatic rings. The molecule has 1 fully saturated rings. The second kappa shape index (κ2) is 7.95. The van der Waals surface area contributed by atoms with Crippen LogP contribution >= 0.6 is 11.3 Å². The molecule has 1 amide bonds. The molecule has 0 unspecified atom stereocenters. The van der Waals surface area contributed by atoms with Gasteiger partial charge in [-0.1, -0.05) is 22.9 Å². The average Bonchev–Trinajstić information content (AvgIpc) is 3.33. The van der Waals surface area contributed by atoms with Crippen LogP contribution in [0.4, 0.5) is 5.13 Å². The molecule has 1 aliphatic heterocycles. The van der Waals surface area contributed by atoms with Gasteiger partial charge in [0.25, 0.3) is 5.91 Å². The van der Waals surface area contributed by atoms with E-state index in [1.54, 1.807) is 10.9 Å². The van der Waals surface area contributed by atoms with Crippen molar-refractivity contribution in [2.24, 2.45) is 0 Å². The lowest BCUT2D eigenvalue weighted by Gasteiger charge is -2.25. The predicted octanol–water partition coefficient (Wildman–Crippen LogP) is 2.12. The van der Waals surface area contributed by atoms with Crippen molar-refractivity contribution in [1.82, 2.24) is 24.9 Å². The fourth-order valence-electron chi connectivity index (χ4n) is 2.78. The smallest absolute Gasteiger partial charge is 0.279 e. The molecule has 0 saturated carbocycles. The van der Waals surface area contributed by atoms with Crippen molar-refractivity contribution in [3.63, 3.8) is 0 Å². The zero-order valence-corrected chi connectivity index (χ0v) is 15.8. The van der Waals surface area contributed by atoms with E-state index in [-0.39, 0.29) is 11.6 Å². The number of ether oxygens (including phenoxy) is 1. The van der Waals surface area contributed by atoms with E-state index in [1.807, 2.05) is 36.6 Å². The molecule has 1 N–H and O–H groups in total. The van der Waals surface area contributed by atoms with Gasteiger partial charge in [0.2, 0.25) is 0 Å². The van der Waals surface area contributed by atoms with Crippen LogP contribution in [0.15, 0.2) is 35.8 Å². The van der Waals surface area contributed by atoms with Crippen LogP contribution in [0.3, 0.4) is 0 Å². The van der Waals surface area contributed by atoms with Gasteiger partial charge in [-0.15, -0.1) is 16.4 Å². The van der Waals surface area contributed by atoms with Crippen molar-refractivity contribution in [3.05, 3.63) is 52.8 Å². The monoisotopic (exact) mass is 384 g/mol. The number of rotatable bonds is 5. The number of morpholine rings is 1. The number of aryl methyl sites for hydroxylation is 1. The summed E-state index contributed by atoms with van der Waals surface area (Å²) in [7, 11) is 0. The van der Waals surface area contributed by atoms with Gasteiger partial charge in [0.05, 0.1) is 30.8 Å². The number of nitrogens with zero attached hydrogens (tertiary/aromatic N) is 5. The summed E-state index contributed by atoms with van der Waals surface area (Å²) in [6.45, 7) is 6.10. The van der Waals surface area contributed by atoms with Crippen LogP contribution in [-0.4, -0.2) is 57.1 Å². The minimum absolute atomic E-state index is 0.250. The minimum atomic E-state index is -0.319. The molecule has 2 aromatic heterocycles. The van der Waals surface area contributed by atoms with Crippen molar-refractivity contribution in [2.75, 3.05) is 31.6 Å². The van der Waals surface area contributed by atoms with E-state index in [0.717, 1.165) is 49.8 Å². The first-order valence-corrected chi connectivity index (χ1v) is 9.60. The molecule has 3 heterocycles. The zero-order valence-electron chi connectivity index (χ0n) is 15.0. The summed E-state index contributed by atoms with van der Waals surface area (Å²) in [5.41, 5.74) is 3.21. The number of hydrogen-bond donors (Lipinski definition) is 1. The lowest BCUT2D eigenvalue weighted by molar-refractivity contribution is 0.0337. The normalized spacial score (nSPS) is 15.0. The van der Waals surface area contributed by atoms with E-state index in [2.05, 4.69) is 25.5 Å². The van der Waals surface area contributed by atoms with E-state index >= 15 is 0 Å². The second-order valence-corrected chi connectivity index (χ2v) is 7.23. The van der Waals surface area contributed by atoms with E-state index < -0.39 is 0 Å². The number of nitrogens with one attached hydrogen (secondary N) is 1. The summed E-state index contributed by atoms with van der Waals surface area (Å²) in [5, 5.41) is 13.3. The number of benzene rings is 1. The van der Waals surface area contributed by atoms with Crippen molar-refractivity contribution in [1.29, 1.82) is 0 Å². The van der Waals surface area contributed by atoms with Gasteiger partial charge in [0.1, 0.15) is 0 Å². The SMILES string of the molecule is Cc1ccc(-n2cc(C(=O)Nc3nc(CN4CCOCC4)cs3)nn2)cc1. The summed E-state index contributed by atoms with van der Waals surface area (Å²) in [5.74, 6) is -0.319. The summed E-state index contributed by atoms with van der Waals surface area (Å²) < 4.78 is 6.94. The maximum atomic E-state index is 12.4. The van der Waals surface area contributed by atoms with E-state index in [9.17, 15) is 4.79 Å². The first kappa shape index (κ1) is 17.8. The molecule has 3 aromatic rings. The zero-order chi connectivity index (χ0) is 18.6. The summed E-state index contributed by atoms with van der Waals surface area (Å²) in [4.78, 5) is 19.2. The van der Waals surface area contributed by atoms with E-state index in [1.165, 1.54) is 11.3 Å². The van der Waals surface area contributed by atoms with Crippen LogP contribution in [-0.2, 0) is 11.3 Å². The Morgan fingerprint density at radius 1 is 1.26 bits per heavy atom. The van der Waals surface area contributed by atoms with Crippen LogP contribution in [0.5, 0.6) is 0 Å². The number of aromatic nitrogens is 4. The van der Waals surface area contributed by atoms with Crippen molar-refractivity contribution in [3.8, 4) is 5.69 Å². The molecule has 9 heteroatoms. The van der Waals surface area contributed by atoms with Gasteiger partial charge >= 0.3 is 0 Å². The minimum Gasteiger partial charge on any atom is -0.379 e. The third-order valence-electron chi connectivity index (χ3n) is 4.29. The molecule has 4 rings (SSSR count). The Bertz CT molecular complexity index is 914. The maximum Gasteiger partial charge on any atom is 0.279 e. The predicted molar refractivity (Wildman–Crippen MR) is 102 cm³/mol. The van der Waals surface area contributed by atoms with Gasteiger partial charge in [-0.3, -0.25) is 15.0 Å². The third-order valence-corrected chi connectivity index (χ3v) is 5.09. The first-order valence-electron chi connectivity index (χ1n) is 8.72. The molecule has 8 nitrogen and oxygen atoms in total. The number of carbonyl (C=O) groups excluding carboxylic acids is 1. The highest BCUT2D eigenvalue weighted by molar-refractivity contribution is 7.13. The lowest BCUT2D eigenvalue weighted by atomic mass is 10.2. The molecule has 0 aliphatic carbocycles. The van der Waals surface area contributed by atoms with Crippen LogP contribution in [0, 0.1) is 6.92 Å². The van der Waals surface area contributed by atoms with Crippen LogP contribution in [0.1, 0.15) is 21.7 Å². The quantitative estimate of drug-likeness (QED) is 0.725. The van der Waals surface area contributed by atoms with E-state index in [4.69, 9.17) is 4.74 Å². The molecule has 1 saturated heterocycles. The number of carbonyl (C=O) groups is 1. The van der Waals surface area contributed by atoms with Gasteiger partial charge in [0, 0.05) is 25.0 Å². The molecular weight excluding hydrogens is 364 g/mol. The summed E-state index contributed by atoms with van der Waals surface area (Å²) in [6.07, 6.45) is 1.61. The Labute approximate surface area is 160 Å². The molecule has 0 spiro atoms. The molecule has 1 aromatic carbocycles. The second-order valence-electron chi connectivity index (χ2n) is 6.37. The highest BCUT2D eigenvalue weighted by atomic mass is 32.1. The van der Waals surface area contributed by atoms with Gasteiger partial charge < -0.3 is 4.74 Å². The number of anilines is 1.